The Morgan fingerprint density at radius 3 is 2.13 bits per heavy atom. The predicted octanol–water partition coefficient (Wildman–Crippen LogP) is 7.22. The molecule has 4 aromatic rings. The molecule has 242 valence electrons. The van der Waals surface area contributed by atoms with Gasteiger partial charge in [-0.15, -0.1) is 0 Å². The average Bonchev–Trinajstić information content (AvgIpc) is 3.03. The van der Waals surface area contributed by atoms with Gasteiger partial charge in [0, 0.05) is 29.6 Å². The van der Waals surface area contributed by atoms with E-state index in [1.807, 2.05) is 64.1 Å². The lowest BCUT2D eigenvalue weighted by Gasteiger charge is -2.34. The largest absolute Gasteiger partial charge is 0.354 e. The minimum absolute atomic E-state index is 0.0477. The summed E-state index contributed by atoms with van der Waals surface area (Å²) < 4.78 is 29.6. The number of rotatable bonds is 13. The van der Waals surface area contributed by atoms with Crippen molar-refractivity contribution in [2.24, 2.45) is 5.92 Å². The summed E-state index contributed by atoms with van der Waals surface area (Å²) in [6, 6.07) is 26.7. The molecule has 0 saturated heterocycles. The van der Waals surface area contributed by atoms with Crippen LogP contribution >= 0.6 is 23.2 Å². The van der Waals surface area contributed by atoms with Crippen molar-refractivity contribution in [3.8, 4) is 0 Å². The van der Waals surface area contributed by atoms with Gasteiger partial charge in [-0.2, -0.15) is 0 Å². The third kappa shape index (κ3) is 8.69. The fraction of sp³-hybridized carbons (Fsp3) is 0.278. The summed E-state index contributed by atoms with van der Waals surface area (Å²) in [5.41, 5.74) is 3.38. The normalized spacial score (nSPS) is 12.1. The summed E-state index contributed by atoms with van der Waals surface area (Å²) in [5, 5.41) is 3.74. The molecule has 0 bridgehead atoms. The van der Waals surface area contributed by atoms with Gasteiger partial charge in [-0.3, -0.25) is 13.9 Å². The number of anilines is 1. The van der Waals surface area contributed by atoms with E-state index in [1.54, 1.807) is 48.5 Å². The second kappa shape index (κ2) is 15.6. The van der Waals surface area contributed by atoms with E-state index >= 15 is 0 Å². The SMILES string of the molecule is Cc1cccc(N(CC(=O)N(Cc2ccc(Cl)cc2Cl)[C@H](Cc2ccccc2)C(=O)NCC(C)C)S(=O)(=O)c2ccccc2)c1C. The Morgan fingerprint density at radius 1 is 0.848 bits per heavy atom. The van der Waals surface area contributed by atoms with Crippen molar-refractivity contribution >= 4 is 50.7 Å². The number of benzene rings is 4. The van der Waals surface area contributed by atoms with E-state index in [-0.39, 0.29) is 29.7 Å². The van der Waals surface area contributed by atoms with E-state index in [2.05, 4.69) is 5.32 Å². The highest BCUT2D eigenvalue weighted by molar-refractivity contribution is 7.92. The van der Waals surface area contributed by atoms with Crippen LogP contribution in [0.1, 0.15) is 36.1 Å². The van der Waals surface area contributed by atoms with Gasteiger partial charge in [0.05, 0.1) is 10.6 Å². The van der Waals surface area contributed by atoms with Crippen molar-refractivity contribution in [1.29, 1.82) is 0 Å². The minimum Gasteiger partial charge on any atom is -0.354 e. The van der Waals surface area contributed by atoms with E-state index in [1.165, 1.54) is 17.0 Å². The molecule has 46 heavy (non-hydrogen) atoms. The molecule has 0 aliphatic heterocycles. The third-order valence-electron chi connectivity index (χ3n) is 7.77. The zero-order valence-corrected chi connectivity index (χ0v) is 28.7. The highest BCUT2D eigenvalue weighted by Crippen LogP contribution is 2.30. The molecule has 0 unspecified atom stereocenters. The van der Waals surface area contributed by atoms with Gasteiger partial charge in [-0.05, 0) is 72.4 Å². The first-order valence-electron chi connectivity index (χ1n) is 15.1. The number of halogens is 2. The van der Waals surface area contributed by atoms with Crippen molar-refractivity contribution in [3.05, 3.63) is 129 Å². The van der Waals surface area contributed by atoms with E-state index in [4.69, 9.17) is 23.2 Å². The zero-order chi connectivity index (χ0) is 33.4. The monoisotopic (exact) mass is 679 g/mol. The Kier molecular flexibility index (Phi) is 11.9. The van der Waals surface area contributed by atoms with Crippen LogP contribution in [0.15, 0.2) is 102 Å². The topological polar surface area (TPSA) is 86.8 Å². The zero-order valence-electron chi connectivity index (χ0n) is 26.4. The van der Waals surface area contributed by atoms with Crippen LogP contribution in [0.4, 0.5) is 5.69 Å². The molecule has 4 aromatic carbocycles. The molecule has 1 atom stereocenters. The molecule has 4 rings (SSSR count). The maximum absolute atomic E-state index is 14.6. The molecule has 7 nitrogen and oxygen atoms in total. The molecule has 0 fully saturated rings. The van der Waals surface area contributed by atoms with Crippen molar-refractivity contribution in [3.63, 3.8) is 0 Å². The van der Waals surface area contributed by atoms with Gasteiger partial charge in [-0.25, -0.2) is 8.42 Å². The minimum atomic E-state index is -4.19. The molecule has 0 radical (unpaired) electrons. The second-order valence-electron chi connectivity index (χ2n) is 11.6. The smallest absolute Gasteiger partial charge is 0.264 e. The quantitative estimate of drug-likeness (QED) is 0.162. The van der Waals surface area contributed by atoms with Gasteiger partial charge in [0.2, 0.25) is 11.8 Å². The molecule has 0 aliphatic carbocycles. The number of nitrogens with one attached hydrogen (secondary N) is 1. The van der Waals surface area contributed by atoms with Crippen LogP contribution < -0.4 is 9.62 Å². The first-order chi connectivity index (χ1) is 21.9. The first-order valence-corrected chi connectivity index (χ1v) is 17.3. The van der Waals surface area contributed by atoms with E-state index in [0.717, 1.165) is 21.0 Å². The van der Waals surface area contributed by atoms with Crippen LogP contribution in [0, 0.1) is 19.8 Å². The molecule has 0 heterocycles. The van der Waals surface area contributed by atoms with Crippen LogP contribution in [-0.2, 0) is 32.6 Å². The fourth-order valence-electron chi connectivity index (χ4n) is 5.05. The van der Waals surface area contributed by atoms with Gasteiger partial charge in [-0.1, -0.05) is 104 Å². The Labute approximate surface area is 282 Å². The Bertz CT molecular complexity index is 1770. The number of hydrogen-bond donors (Lipinski definition) is 1. The number of carbonyl (C=O) groups excluding carboxylic acids is 2. The Hall–Kier alpha value is -3.85. The number of amides is 2. The highest BCUT2D eigenvalue weighted by Gasteiger charge is 2.35. The van der Waals surface area contributed by atoms with Crippen LogP contribution in [-0.4, -0.2) is 44.3 Å². The van der Waals surface area contributed by atoms with Crippen LogP contribution in [0.5, 0.6) is 0 Å². The lowest BCUT2D eigenvalue weighted by molar-refractivity contribution is -0.140. The van der Waals surface area contributed by atoms with Crippen molar-refractivity contribution in [2.75, 3.05) is 17.4 Å². The summed E-state index contributed by atoms with van der Waals surface area (Å²) in [7, 11) is -4.19. The summed E-state index contributed by atoms with van der Waals surface area (Å²) >= 11 is 12.8. The van der Waals surface area contributed by atoms with Crippen LogP contribution in [0.2, 0.25) is 10.0 Å². The summed E-state index contributed by atoms with van der Waals surface area (Å²) in [6.07, 6.45) is 0.205. The van der Waals surface area contributed by atoms with E-state index in [0.29, 0.717) is 27.8 Å². The second-order valence-corrected chi connectivity index (χ2v) is 14.4. The van der Waals surface area contributed by atoms with Crippen LogP contribution in [0.3, 0.4) is 0 Å². The molecule has 0 spiro atoms. The number of nitrogens with zero attached hydrogens (tertiary/aromatic N) is 2. The molecule has 1 N–H and O–H groups in total. The molecular formula is C36H39Cl2N3O4S. The Balaban J connectivity index is 1.84. The maximum atomic E-state index is 14.6. The van der Waals surface area contributed by atoms with Gasteiger partial charge >= 0.3 is 0 Å². The standard InChI is InChI=1S/C36H39Cl2N3O4S/c1-25(2)22-39-36(43)34(20-28-13-7-5-8-14-28)40(23-29-18-19-30(37)21-32(29)38)35(42)24-41(33-17-11-12-26(3)27(33)4)46(44,45)31-15-9-6-10-16-31/h5-19,21,25,34H,20,22-24H2,1-4H3,(H,39,43)/t34-/m1/s1. The molecule has 0 aliphatic rings. The van der Waals surface area contributed by atoms with Crippen LogP contribution in [0.25, 0.3) is 0 Å². The van der Waals surface area contributed by atoms with Gasteiger partial charge in [0.25, 0.3) is 10.0 Å². The lowest BCUT2D eigenvalue weighted by Crippen LogP contribution is -2.53. The number of carbonyl (C=O) groups is 2. The van der Waals surface area contributed by atoms with Gasteiger partial charge in [0.1, 0.15) is 12.6 Å². The number of hydrogen-bond acceptors (Lipinski definition) is 4. The third-order valence-corrected chi connectivity index (χ3v) is 10.1. The highest BCUT2D eigenvalue weighted by atomic mass is 35.5. The number of sulfonamides is 1. The molecule has 0 saturated carbocycles. The van der Waals surface area contributed by atoms with Gasteiger partial charge in [0.15, 0.2) is 0 Å². The Morgan fingerprint density at radius 2 is 1.50 bits per heavy atom. The summed E-state index contributed by atoms with van der Waals surface area (Å²) in [6.45, 7) is 7.50. The molecule has 0 aromatic heterocycles. The summed E-state index contributed by atoms with van der Waals surface area (Å²) in [4.78, 5) is 30.0. The van der Waals surface area contributed by atoms with Crippen molar-refractivity contribution in [1.82, 2.24) is 10.2 Å². The maximum Gasteiger partial charge on any atom is 0.264 e. The summed E-state index contributed by atoms with van der Waals surface area (Å²) in [5.74, 6) is -0.737. The molecule has 2 amide bonds. The lowest BCUT2D eigenvalue weighted by atomic mass is 10.0. The molecule has 10 heteroatoms. The van der Waals surface area contributed by atoms with E-state index in [9.17, 15) is 18.0 Å². The average molecular weight is 681 g/mol. The van der Waals surface area contributed by atoms with Crippen molar-refractivity contribution < 1.29 is 18.0 Å². The predicted molar refractivity (Wildman–Crippen MR) is 186 cm³/mol. The molecular weight excluding hydrogens is 641 g/mol. The van der Waals surface area contributed by atoms with Gasteiger partial charge < -0.3 is 10.2 Å². The number of aryl methyl sites for hydroxylation is 1. The first kappa shape index (κ1) is 35.0. The van der Waals surface area contributed by atoms with Crippen molar-refractivity contribution in [2.45, 2.75) is 51.6 Å². The van der Waals surface area contributed by atoms with E-state index < -0.39 is 28.5 Å². The fourth-order valence-corrected chi connectivity index (χ4v) is 7.01.